The van der Waals surface area contributed by atoms with Crippen molar-refractivity contribution in [2.75, 3.05) is 26.2 Å². The summed E-state index contributed by atoms with van der Waals surface area (Å²) in [6.07, 6.45) is 2.87. The van der Waals surface area contributed by atoms with Gasteiger partial charge in [-0.3, -0.25) is 9.69 Å². The second-order valence-corrected chi connectivity index (χ2v) is 6.98. The van der Waals surface area contributed by atoms with Crippen LogP contribution in [0.3, 0.4) is 0 Å². The zero-order valence-corrected chi connectivity index (χ0v) is 12.6. The number of hydrogen-bond acceptors (Lipinski definition) is 4. The molecule has 0 bridgehead atoms. The van der Waals surface area contributed by atoms with Crippen LogP contribution in [0.5, 0.6) is 0 Å². The van der Waals surface area contributed by atoms with E-state index in [9.17, 15) is 4.79 Å². The topological polar surface area (TPSA) is 49.6 Å². The number of nitrogens with two attached hydrogens (primary N) is 1. The molecule has 2 unspecified atom stereocenters. The molecule has 3 rings (SSSR count). The third kappa shape index (κ3) is 3.22. The molecule has 2 atom stereocenters. The maximum Gasteiger partial charge on any atom is 0.225 e. The van der Waals surface area contributed by atoms with Gasteiger partial charge in [-0.1, -0.05) is 6.07 Å². The molecule has 0 aromatic carbocycles. The van der Waals surface area contributed by atoms with Gasteiger partial charge in [0.15, 0.2) is 0 Å². The Morgan fingerprint density at radius 1 is 1.30 bits per heavy atom. The zero-order chi connectivity index (χ0) is 13.9. The fourth-order valence-electron chi connectivity index (χ4n) is 3.25. The van der Waals surface area contributed by atoms with E-state index in [-0.39, 0.29) is 12.0 Å². The van der Waals surface area contributed by atoms with E-state index in [0.29, 0.717) is 5.91 Å². The maximum atomic E-state index is 12.4. The minimum absolute atomic E-state index is 0.189. The summed E-state index contributed by atoms with van der Waals surface area (Å²) in [5.74, 6) is 0.530. The summed E-state index contributed by atoms with van der Waals surface area (Å²) >= 11 is 1.81. The number of carbonyl (C=O) groups excluding carboxylic acids is 1. The molecule has 20 heavy (non-hydrogen) atoms. The normalized spacial score (nSPS) is 27.9. The van der Waals surface area contributed by atoms with Crippen LogP contribution >= 0.6 is 11.3 Å². The molecule has 0 spiro atoms. The Bertz CT molecular complexity index is 440. The Morgan fingerprint density at radius 2 is 2.10 bits per heavy atom. The predicted molar refractivity (Wildman–Crippen MR) is 81.5 cm³/mol. The van der Waals surface area contributed by atoms with E-state index in [0.717, 1.165) is 52.0 Å². The molecule has 5 heteroatoms. The number of nitrogens with zero attached hydrogens (tertiary/aromatic N) is 2. The van der Waals surface area contributed by atoms with Crippen molar-refractivity contribution in [1.82, 2.24) is 9.80 Å². The van der Waals surface area contributed by atoms with Gasteiger partial charge in [-0.2, -0.15) is 0 Å². The monoisotopic (exact) mass is 293 g/mol. The van der Waals surface area contributed by atoms with Crippen molar-refractivity contribution in [2.24, 2.45) is 11.7 Å². The van der Waals surface area contributed by atoms with Crippen LogP contribution in [0.2, 0.25) is 0 Å². The van der Waals surface area contributed by atoms with E-state index < -0.39 is 0 Å². The molecule has 1 aromatic rings. The predicted octanol–water partition coefficient (Wildman–Crippen LogP) is 1.52. The molecule has 110 valence electrons. The van der Waals surface area contributed by atoms with Crippen molar-refractivity contribution in [3.05, 3.63) is 22.4 Å². The van der Waals surface area contributed by atoms with Crippen LogP contribution in [0.15, 0.2) is 17.5 Å². The van der Waals surface area contributed by atoms with Gasteiger partial charge < -0.3 is 10.6 Å². The van der Waals surface area contributed by atoms with E-state index >= 15 is 0 Å². The van der Waals surface area contributed by atoms with Gasteiger partial charge in [0, 0.05) is 49.6 Å². The van der Waals surface area contributed by atoms with Gasteiger partial charge in [-0.05, 0) is 30.7 Å². The van der Waals surface area contributed by atoms with Crippen molar-refractivity contribution in [1.29, 1.82) is 0 Å². The molecular weight excluding hydrogens is 270 g/mol. The third-order valence-corrected chi connectivity index (χ3v) is 5.33. The molecular formula is C15H23N3OS. The molecule has 2 fully saturated rings. The second-order valence-electron chi connectivity index (χ2n) is 5.95. The van der Waals surface area contributed by atoms with Crippen LogP contribution in [-0.2, 0) is 11.3 Å². The van der Waals surface area contributed by atoms with E-state index in [1.807, 2.05) is 16.2 Å². The van der Waals surface area contributed by atoms with Crippen LogP contribution in [0.1, 0.15) is 24.1 Å². The summed E-state index contributed by atoms with van der Waals surface area (Å²) < 4.78 is 0. The van der Waals surface area contributed by atoms with E-state index in [4.69, 9.17) is 5.73 Å². The van der Waals surface area contributed by atoms with Crippen molar-refractivity contribution in [3.63, 3.8) is 0 Å². The highest BCUT2D eigenvalue weighted by Gasteiger charge is 2.32. The van der Waals surface area contributed by atoms with Gasteiger partial charge in [0.25, 0.3) is 0 Å². The molecule has 4 nitrogen and oxygen atoms in total. The first kappa shape index (κ1) is 14.0. The molecule has 1 aliphatic carbocycles. The Morgan fingerprint density at radius 3 is 2.70 bits per heavy atom. The van der Waals surface area contributed by atoms with Gasteiger partial charge >= 0.3 is 0 Å². The summed E-state index contributed by atoms with van der Waals surface area (Å²) in [6.45, 7) is 4.74. The summed E-state index contributed by atoms with van der Waals surface area (Å²) in [6, 6.07) is 4.52. The molecule has 2 heterocycles. The Kier molecular flexibility index (Phi) is 4.38. The van der Waals surface area contributed by atoms with E-state index in [1.165, 1.54) is 4.88 Å². The Balaban J connectivity index is 1.47. The van der Waals surface area contributed by atoms with Gasteiger partial charge in [0.05, 0.1) is 0 Å². The van der Waals surface area contributed by atoms with Gasteiger partial charge in [0.2, 0.25) is 5.91 Å². The standard InChI is InChI=1S/C15H23N3OS/c16-13-4-3-12(10-13)15(19)18-7-5-17(6-8-18)11-14-2-1-9-20-14/h1-2,9,12-13H,3-8,10-11,16H2. The fraction of sp³-hybridized carbons (Fsp3) is 0.667. The van der Waals surface area contributed by atoms with Gasteiger partial charge in [-0.25, -0.2) is 0 Å². The van der Waals surface area contributed by atoms with Crippen LogP contribution in [0, 0.1) is 5.92 Å². The van der Waals surface area contributed by atoms with Crippen molar-refractivity contribution >= 4 is 17.2 Å². The molecule has 1 saturated carbocycles. The van der Waals surface area contributed by atoms with Crippen molar-refractivity contribution in [2.45, 2.75) is 31.8 Å². The van der Waals surface area contributed by atoms with E-state index in [2.05, 4.69) is 22.4 Å². The lowest BCUT2D eigenvalue weighted by Gasteiger charge is -2.35. The molecule has 1 aromatic heterocycles. The molecule has 2 N–H and O–H groups in total. The number of carbonyl (C=O) groups is 1. The van der Waals surface area contributed by atoms with Crippen molar-refractivity contribution in [3.8, 4) is 0 Å². The maximum absolute atomic E-state index is 12.4. The van der Waals surface area contributed by atoms with Crippen LogP contribution in [-0.4, -0.2) is 47.9 Å². The average Bonchev–Trinajstić information content (AvgIpc) is 3.10. The summed E-state index contributed by atoms with van der Waals surface area (Å²) in [4.78, 5) is 18.3. The highest BCUT2D eigenvalue weighted by atomic mass is 32.1. The second kappa shape index (κ2) is 6.24. The molecule has 1 aliphatic heterocycles. The lowest BCUT2D eigenvalue weighted by Crippen LogP contribution is -2.49. The lowest BCUT2D eigenvalue weighted by molar-refractivity contribution is -0.137. The first-order chi connectivity index (χ1) is 9.72. The number of thiophene rings is 1. The average molecular weight is 293 g/mol. The SMILES string of the molecule is NC1CCC(C(=O)N2CCN(Cc3cccs3)CC2)C1. The summed E-state index contributed by atoms with van der Waals surface area (Å²) in [5, 5.41) is 2.12. The fourth-order valence-corrected chi connectivity index (χ4v) is 3.99. The minimum atomic E-state index is 0.189. The number of amides is 1. The third-order valence-electron chi connectivity index (χ3n) is 4.47. The Hall–Kier alpha value is -0.910. The molecule has 2 aliphatic rings. The van der Waals surface area contributed by atoms with Gasteiger partial charge in [0.1, 0.15) is 0 Å². The number of hydrogen-bond donors (Lipinski definition) is 1. The largest absolute Gasteiger partial charge is 0.340 e. The first-order valence-corrected chi connectivity index (χ1v) is 8.39. The zero-order valence-electron chi connectivity index (χ0n) is 11.8. The van der Waals surface area contributed by atoms with Crippen LogP contribution in [0.4, 0.5) is 0 Å². The molecule has 0 radical (unpaired) electrons. The summed E-state index contributed by atoms with van der Waals surface area (Å²) in [7, 11) is 0. The quantitative estimate of drug-likeness (QED) is 0.919. The number of rotatable bonds is 3. The molecule has 1 amide bonds. The van der Waals surface area contributed by atoms with Crippen LogP contribution in [0.25, 0.3) is 0 Å². The van der Waals surface area contributed by atoms with Gasteiger partial charge in [-0.15, -0.1) is 11.3 Å². The number of piperazine rings is 1. The minimum Gasteiger partial charge on any atom is -0.340 e. The highest BCUT2D eigenvalue weighted by molar-refractivity contribution is 7.09. The first-order valence-electron chi connectivity index (χ1n) is 7.51. The smallest absolute Gasteiger partial charge is 0.225 e. The lowest BCUT2D eigenvalue weighted by atomic mass is 10.1. The van der Waals surface area contributed by atoms with E-state index in [1.54, 1.807) is 0 Å². The Labute approximate surface area is 124 Å². The molecule has 1 saturated heterocycles. The van der Waals surface area contributed by atoms with Crippen molar-refractivity contribution < 1.29 is 4.79 Å². The van der Waals surface area contributed by atoms with Crippen LogP contribution < -0.4 is 5.73 Å². The summed E-state index contributed by atoms with van der Waals surface area (Å²) in [5.41, 5.74) is 5.91. The highest BCUT2D eigenvalue weighted by Crippen LogP contribution is 2.26.